The van der Waals surface area contributed by atoms with Gasteiger partial charge in [0, 0.05) is 18.2 Å². The van der Waals surface area contributed by atoms with Crippen molar-refractivity contribution in [3.8, 4) is 16.9 Å². The van der Waals surface area contributed by atoms with Crippen molar-refractivity contribution in [2.75, 3.05) is 6.61 Å². The van der Waals surface area contributed by atoms with Gasteiger partial charge in [-0.15, -0.1) is 0 Å². The van der Waals surface area contributed by atoms with E-state index in [2.05, 4.69) is 48.6 Å². The van der Waals surface area contributed by atoms with Crippen LogP contribution in [0.1, 0.15) is 30.9 Å². The summed E-state index contributed by atoms with van der Waals surface area (Å²) in [6.07, 6.45) is 2.63. The average Bonchev–Trinajstić information content (AvgIpc) is 3.31. The molecule has 1 fully saturated rings. The van der Waals surface area contributed by atoms with Gasteiger partial charge in [0.15, 0.2) is 0 Å². The number of para-hydroxylation sites is 1. The molecule has 0 aliphatic heterocycles. The summed E-state index contributed by atoms with van der Waals surface area (Å²) in [6.45, 7) is 5.80. The molecule has 0 radical (unpaired) electrons. The second-order valence-corrected chi connectivity index (χ2v) is 5.74. The van der Waals surface area contributed by atoms with E-state index in [9.17, 15) is 0 Å². The molecule has 0 bridgehead atoms. The Morgan fingerprint density at radius 2 is 1.90 bits per heavy atom. The Bertz CT molecular complexity index is 617. The molecule has 0 unspecified atom stereocenters. The third kappa shape index (κ3) is 3.45. The van der Waals surface area contributed by atoms with Gasteiger partial charge in [0.1, 0.15) is 5.75 Å². The van der Waals surface area contributed by atoms with E-state index in [0.717, 1.165) is 18.3 Å². The van der Waals surface area contributed by atoms with Crippen molar-refractivity contribution >= 4 is 0 Å². The van der Waals surface area contributed by atoms with Crippen LogP contribution in [0, 0.1) is 6.92 Å². The average molecular weight is 281 g/mol. The first-order valence-corrected chi connectivity index (χ1v) is 7.83. The van der Waals surface area contributed by atoms with Gasteiger partial charge in [-0.3, -0.25) is 0 Å². The molecule has 0 atom stereocenters. The zero-order valence-electron chi connectivity index (χ0n) is 12.9. The van der Waals surface area contributed by atoms with E-state index >= 15 is 0 Å². The quantitative estimate of drug-likeness (QED) is 0.851. The van der Waals surface area contributed by atoms with Crippen LogP contribution in [0.25, 0.3) is 11.1 Å². The Morgan fingerprint density at radius 3 is 2.67 bits per heavy atom. The van der Waals surface area contributed by atoms with Gasteiger partial charge < -0.3 is 10.1 Å². The number of hydrogen-bond donors (Lipinski definition) is 1. The van der Waals surface area contributed by atoms with Crippen LogP contribution in [0.4, 0.5) is 0 Å². The fourth-order valence-corrected chi connectivity index (χ4v) is 2.61. The van der Waals surface area contributed by atoms with Crippen LogP contribution in [0.2, 0.25) is 0 Å². The molecule has 2 aromatic rings. The number of nitrogens with one attached hydrogen (secondary N) is 1. The van der Waals surface area contributed by atoms with Gasteiger partial charge in [-0.2, -0.15) is 0 Å². The lowest BCUT2D eigenvalue weighted by atomic mass is 9.96. The lowest BCUT2D eigenvalue weighted by Crippen LogP contribution is -2.16. The van der Waals surface area contributed by atoms with Crippen molar-refractivity contribution in [3.63, 3.8) is 0 Å². The molecule has 1 saturated carbocycles. The third-order valence-corrected chi connectivity index (χ3v) is 3.90. The number of hydrogen-bond acceptors (Lipinski definition) is 2. The monoisotopic (exact) mass is 281 g/mol. The van der Waals surface area contributed by atoms with Gasteiger partial charge in [-0.1, -0.05) is 42.0 Å². The molecule has 110 valence electrons. The predicted molar refractivity (Wildman–Crippen MR) is 87.6 cm³/mol. The normalized spacial score (nSPS) is 14.2. The van der Waals surface area contributed by atoms with Crippen LogP contribution >= 0.6 is 0 Å². The first-order chi connectivity index (χ1) is 10.3. The molecular weight excluding hydrogens is 258 g/mol. The molecule has 1 N–H and O–H groups in total. The molecule has 3 rings (SSSR count). The van der Waals surface area contributed by atoms with E-state index in [1.807, 2.05) is 13.0 Å². The Kier molecular flexibility index (Phi) is 4.26. The summed E-state index contributed by atoms with van der Waals surface area (Å²) >= 11 is 0. The lowest BCUT2D eigenvalue weighted by Gasteiger charge is -2.15. The Morgan fingerprint density at radius 1 is 1.10 bits per heavy atom. The van der Waals surface area contributed by atoms with Gasteiger partial charge in [-0.25, -0.2) is 0 Å². The summed E-state index contributed by atoms with van der Waals surface area (Å²) in [5.41, 5.74) is 5.11. The summed E-state index contributed by atoms with van der Waals surface area (Å²) in [7, 11) is 0. The standard InChI is InChI=1S/C19H23NO/c1-3-21-19-7-5-4-6-17(19)18-12-14(2)8-9-15(18)13-20-16-10-11-16/h4-9,12,16,20H,3,10-11,13H2,1-2H3. The smallest absolute Gasteiger partial charge is 0.127 e. The molecule has 1 aliphatic rings. The first-order valence-electron chi connectivity index (χ1n) is 7.83. The molecule has 0 spiro atoms. The minimum Gasteiger partial charge on any atom is -0.493 e. The highest BCUT2D eigenvalue weighted by molar-refractivity contribution is 5.74. The Labute approximate surface area is 127 Å². The predicted octanol–water partition coefficient (Wildman–Crippen LogP) is 4.31. The van der Waals surface area contributed by atoms with E-state index in [4.69, 9.17) is 4.74 Å². The molecule has 2 aromatic carbocycles. The van der Waals surface area contributed by atoms with Crippen molar-refractivity contribution in [1.82, 2.24) is 5.32 Å². The highest BCUT2D eigenvalue weighted by Crippen LogP contribution is 2.33. The van der Waals surface area contributed by atoms with Crippen molar-refractivity contribution < 1.29 is 4.74 Å². The van der Waals surface area contributed by atoms with Crippen LogP contribution in [0.15, 0.2) is 42.5 Å². The SMILES string of the molecule is CCOc1ccccc1-c1cc(C)ccc1CNC1CC1. The maximum absolute atomic E-state index is 5.80. The fraction of sp³-hybridized carbons (Fsp3) is 0.368. The van der Waals surface area contributed by atoms with Gasteiger partial charge in [0.05, 0.1) is 6.61 Å². The lowest BCUT2D eigenvalue weighted by molar-refractivity contribution is 0.341. The molecule has 2 nitrogen and oxygen atoms in total. The molecular formula is C19H23NO. The summed E-state index contributed by atoms with van der Waals surface area (Å²) in [5.74, 6) is 0.971. The highest BCUT2D eigenvalue weighted by atomic mass is 16.5. The van der Waals surface area contributed by atoms with Crippen LogP contribution in [-0.4, -0.2) is 12.6 Å². The minimum absolute atomic E-state index is 0.693. The second-order valence-electron chi connectivity index (χ2n) is 5.74. The molecule has 0 aromatic heterocycles. The maximum atomic E-state index is 5.80. The van der Waals surface area contributed by atoms with Crippen molar-refractivity contribution in [2.45, 2.75) is 39.3 Å². The highest BCUT2D eigenvalue weighted by Gasteiger charge is 2.21. The van der Waals surface area contributed by atoms with E-state index in [0.29, 0.717) is 6.61 Å². The third-order valence-electron chi connectivity index (χ3n) is 3.90. The topological polar surface area (TPSA) is 21.3 Å². The van der Waals surface area contributed by atoms with Crippen LogP contribution < -0.4 is 10.1 Å². The first kappa shape index (κ1) is 14.2. The van der Waals surface area contributed by atoms with Gasteiger partial charge in [0.2, 0.25) is 0 Å². The van der Waals surface area contributed by atoms with Crippen molar-refractivity contribution in [1.29, 1.82) is 0 Å². The molecule has 0 heterocycles. The fourth-order valence-electron chi connectivity index (χ4n) is 2.61. The zero-order valence-corrected chi connectivity index (χ0v) is 12.9. The van der Waals surface area contributed by atoms with Gasteiger partial charge >= 0.3 is 0 Å². The van der Waals surface area contributed by atoms with E-state index in [1.54, 1.807) is 0 Å². The summed E-state index contributed by atoms with van der Waals surface area (Å²) < 4.78 is 5.80. The summed E-state index contributed by atoms with van der Waals surface area (Å²) in [6, 6.07) is 15.7. The number of aryl methyl sites for hydroxylation is 1. The zero-order chi connectivity index (χ0) is 14.7. The Balaban J connectivity index is 1.97. The molecule has 0 saturated heterocycles. The number of benzene rings is 2. The maximum Gasteiger partial charge on any atom is 0.127 e. The van der Waals surface area contributed by atoms with Crippen LogP contribution in [0.3, 0.4) is 0 Å². The molecule has 21 heavy (non-hydrogen) atoms. The van der Waals surface area contributed by atoms with E-state index in [-0.39, 0.29) is 0 Å². The molecule has 2 heteroatoms. The van der Waals surface area contributed by atoms with Crippen LogP contribution in [-0.2, 0) is 6.54 Å². The molecule has 0 amide bonds. The van der Waals surface area contributed by atoms with Crippen molar-refractivity contribution in [2.24, 2.45) is 0 Å². The minimum atomic E-state index is 0.693. The van der Waals surface area contributed by atoms with Gasteiger partial charge in [-0.05, 0) is 43.9 Å². The Hall–Kier alpha value is -1.80. The van der Waals surface area contributed by atoms with Gasteiger partial charge in [0.25, 0.3) is 0 Å². The van der Waals surface area contributed by atoms with Crippen LogP contribution in [0.5, 0.6) is 5.75 Å². The summed E-state index contributed by atoms with van der Waals surface area (Å²) in [4.78, 5) is 0. The summed E-state index contributed by atoms with van der Waals surface area (Å²) in [5, 5.41) is 3.61. The van der Waals surface area contributed by atoms with E-state index < -0.39 is 0 Å². The van der Waals surface area contributed by atoms with E-state index in [1.165, 1.54) is 35.1 Å². The number of rotatable bonds is 6. The number of ether oxygens (including phenoxy) is 1. The second kappa shape index (κ2) is 6.31. The molecule has 1 aliphatic carbocycles. The van der Waals surface area contributed by atoms with Crippen molar-refractivity contribution in [3.05, 3.63) is 53.6 Å². The largest absolute Gasteiger partial charge is 0.493 e.